The number of anilines is 1. The molecule has 0 fully saturated rings. The van der Waals surface area contributed by atoms with Crippen LogP contribution in [0.3, 0.4) is 0 Å². The number of hydrogen-bond acceptors (Lipinski definition) is 6. The molecule has 0 atom stereocenters. The highest BCUT2D eigenvalue weighted by atomic mass is 32.1. The largest absolute Gasteiger partial charge is 0.508 e. The van der Waals surface area contributed by atoms with Gasteiger partial charge in [0.15, 0.2) is 0 Å². The smallest absolute Gasteiger partial charge is 0.273 e. The van der Waals surface area contributed by atoms with Crippen molar-refractivity contribution in [1.29, 1.82) is 0 Å². The number of rotatable bonds is 5. The Labute approximate surface area is 153 Å². The van der Waals surface area contributed by atoms with E-state index in [1.807, 2.05) is 12.1 Å². The van der Waals surface area contributed by atoms with Crippen molar-refractivity contribution in [2.75, 3.05) is 25.6 Å². The van der Waals surface area contributed by atoms with Gasteiger partial charge in [0.1, 0.15) is 15.3 Å². The maximum atomic E-state index is 13.0. The van der Waals surface area contributed by atoms with Crippen LogP contribution < -0.4 is 10.9 Å². The van der Waals surface area contributed by atoms with Gasteiger partial charge in [0.05, 0.1) is 6.61 Å². The molecule has 7 heteroatoms. The van der Waals surface area contributed by atoms with Crippen molar-refractivity contribution >= 4 is 37.3 Å². The average molecular weight is 367 g/mol. The standard InChI is InChI=1S/C19H17N3O3S/c1-25-11-9-20-15-6-8-21-18-16(15)14-7-10-22(19(24)17(14)26-18)12-2-4-13(23)5-3-12/h2-8,10,23H,9,11H2,1H3,(H,20,21). The van der Waals surface area contributed by atoms with Gasteiger partial charge in [-0.15, -0.1) is 11.3 Å². The summed E-state index contributed by atoms with van der Waals surface area (Å²) in [6.45, 7) is 1.27. The maximum absolute atomic E-state index is 13.0. The zero-order chi connectivity index (χ0) is 18.1. The summed E-state index contributed by atoms with van der Waals surface area (Å²) in [5.74, 6) is 0.167. The number of fused-ring (bicyclic) bond motifs is 3. The number of benzene rings is 1. The first kappa shape index (κ1) is 16.6. The first-order valence-corrected chi connectivity index (χ1v) is 8.96. The third kappa shape index (κ3) is 2.81. The van der Waals surface area contributed by atoms with Gasteiger partial charge < -0.3 is 15.2 Å². The van der Waals surface area contributed by atoms with E-state index in [0.717, 1.165) is 21.3 Å². The van der Waals surface area contributed by atoms with E-state index in [1.54, 1.807) is 48.3 Å². The van der Waals surface area contributed by atoms with E-state index in [-0.39, 0.29) is 11.3 Å². The molecule has 0 aliphatic carbocycles. The fourth-order valence-electron chi connectivity index (χ4n) is 2.94. The fraction of sp³-hybridized carbons (Fsp3) is 0.158. The molecule has 1 aromatic carbocycles. The van der Waals surface area contributed by atoms with E-state index in [1.165, 1.54) is 11.3 Å². The van der Waals surface area contributed by atoms with E-state index in [4.69, 9.17) is 4.74 Å². The van der Waals surface area contributed by atoms with Crippen LogP contribution in [0.2, 0.25) is 0 Å². The number of nitrogens with one attached hydrogen (secondary N) is 1. The molecule has 0 aliphatic rings. The molecule has 0 amide bonds. The normalized spacial score (nSPS) is 11.3. The summed E-state index contributed by atoms with van der Waals surface area (Å²) in [7, 11) is 1.66. The van der Waals surface area contributed by atoms with E-state index < -0.39 is 0 Å². The van der Waals surface area contributed by atoms with Crippen LogP contribution >= 0.6 is 11.3 Å². The highest BCUT2D eigenvalue weighted by molar-refractivity contribution is 7.25. The number of ether oxygens (including phenoxy) is 1. The number of nitrogens with zero attached hydrogens (tertiary/aromatic N) is 2. The minimum Gasteiger partial charge on any atom is -0.508 e. The van der Waals surface area contributed by atoms with Crippen LogP contribution in [-0.2, 0) is 4.74 Å². The van der Waals surface area contributed by atoms with Crippen LogP contribution in [-0.4, -0.2) is 34.9 Å². The molecule has 0 aliphatic heterocycles. The van der Waals surface area contributed by atoms with Crippen molar-refractivity contribution in [2.45, 2.75) is 0 Å². The summed E-state index contributed by atoms with van der Waals surface area (Å²) in [6, 6.07) is 10.4. The summed E-state index contributed by atoms with van der Waals surface area (Å²) < 4.78 is 7.33. The van der Waals surface area contributed by atoms with E-state index in [9.17, 15) is 9.90 Å². The molecule has 0 saturated heterocycles. The average Bonchev–Trinajstić information content (AvgIpc) is 3.04. The minimum absolute atomic E-state index is 0.0981. The van der Waals surface area contributed by atoms with Crippen molar-refractivity contribution in [2.24, 2.45) is 0 Å². The van der Waals surface area contributed by atoms with Crippen molar-refractivity contribution in [3.8, 4) is 11.4 Å². The Hall–Kier alpha value is -2.90. The Morgan fingerprint density at radius 1 is 1.23 bits per heavy atom. The monoisotopic (exact) mass is 367 g/mol. The summed E-state index contributed by atoms with van der Waals surface area (Å²) in [5.41, 5.74) is 1.55. The number of thiophene rings is 1. The number of phenols is 1. The molecule has 6 nitrogen and oxygen atoms in total. The van der Waals surface area contributed by atoms with Gasteiger partial charge in [-0.25, -0.2) is 4.98 Å². The maximum Gasteiger partial charge on any atom is 0.273 e. The second-order valence-electron chi connectivity index (χ2n) is 5.81. The lowest BCUT2D eigenvalue weighted by Gasteiger charge is -2.08. The quantitative estimate of drug-likeness (QED) is 0.529. The summed E-state index contributed by atoms with van der Waals surface area (Å²) in [4.78, 5) is 18.2. The lowest BCUT2D eigenvalue weighted by molar-refractivity contribution is 0.211. The van der Waals surface area contributed by atoms with Crippen LogP contribution in [0.15, 0.2) is 53.6 Å². The predicted octanol–water partition coefficient (Wildman–Crippen LogP) is 3.36. The lowest BCUT2D eigenvalue weighted by Crippen LogP contribution is -2.16. The van der Waals surface area contributed by atoms with Crippen LogP contribution in [0.25, 0.3) is 26.0 Å². The number of aromatic nitrogens is 2. The molecular formula is C19H17N3O3S. The molecular weight excluding hydrogens is 350 g/mol. The number of phenolic OH excluding ortho intramolecular Hbond substituents is 1. The Bertz CT molecular complexity index is 1130. The van der Waals surface area contributed by atoms with Crippen LogP contribution in [0, 0.1) is 0 Å². The number of pyridine rings is 2. The first-order chi connectivity index (χ1) is 12.7. The Balaban J connectivity index is 1.88. The molecule has 0 spiro atoms. The topological polar surface area (TPSA) is 76.4 Å². The van der Waals surface area contributed by atoms with E-state index >= 15 is 0 Å². The van der Waals surface area contributed by atoms with Gasteiger partial charge in [-0.1, -0.05) is 0 Å². The number of methoxy groups -OCH3 is 1. The third-order valence-electron chi connectivity index (χ3n) is 4.18. The van der Waals surface area contributed by atoms with E-state index in [0.29, 0.717) is 23.5 Å². The van der Waals surface area contributed by atoms with Gasteiger partial charge in [0, 0.05) is 48.2 Å². The Morgan fingerprint density at radius 3 is 2.81 bits per heavy atom. The first-order valence-electron chi connectivity index (χ1n) is 8.14. The lowest BCUT2D eigenvalue weighted by atomic mass is 10.2. The van der Waals surface area contributed by atoms with Gasteiger partial charge in [-0.05, 0) is 36.4 Å². The number of hydrogen-bond donors (Lipinski definition) is 2. The molecule has 4 aromatic rings. The molecule has 0 radical (unpaired) electrons. The summed E-state index contributed by atoms with van der Waals surface area (Å²) in [6.07, 6.45) is 3.50. The van der Waals surface area contributed by atoms with Crippen molar-refractivity contribution < 1.29 is 9.84 Å². The fourth-order valence-corrected chi connectivity index (χ4v) is 4.04. The molecule has 3 heterocycles. The molecule has 0 unspecified atom stereocenters. The van der Waals surface area contributed by atoms with Crippen LogP contribution in [0.5, 0.6) is 5.75 Å². The highest BCUT2D eigenvalue weighted by Gasteiger charge is 2.14. The van der Waals surface area contributed by atoms with Gasteiger partial charge in [-0.3, -0.25) is 9.36 Å². The van der Waals surface area contributed by atoms with E-state index in [2.05, 4.69) is 10.3 Å². The highest BCUT2D eigenvalue weighted by Crippen LogP contribution is 2.35. The third-order valence-corrected chi connectivity index (χ3v) is 5.28. The summed E-state index contributed by atoms with van der Waals surface area (Å²) >= 11 is 1.39. The second-order valence-corrected chi connectivity index (χ2v) is 6.81. The van der Waals surface area contributed by atoms with Gasteiger partial charge in [-0.2, -0.15) is 0 Å². The van der Waals surface area contributed by atoms with Crippen LogP contribution in [0.4, 0.5) is 5.69 Å². The van der Waals surface area contributed by atoms with Crippen molar-refractivity contribution in [3.05, 3.63) is 59.1 Å². The predicted molar refractivity (Wildman–Crippen MR) is 105 cm³/mol. The zero-order valence-electron chi connectivity index (χ0n) is 14.1. The molecule has 0 bridgehead atoms. The molecule has 2 N–H and O–H groups in total. The molecule has 3 aromatic heterocycles. The minimum atomic E-state index is -0.0981. The number of aromatic hydroxyl groups is 1. The van der Waals surface area contributed by atoms with Crippen molar-refractivity contribution in [3.63, 3.8) is 0 Å². The second kappa shape index (κ2) is 6.78. The Kier molecular flexibility index (Phi) is 4.32. The molecule has 132 valence electrons. The zero-order valence-corrected chi connectivity index (χ0v) is 14.9. The molecule has 0 saturated carbocycles. The van der Waals surface area contributed by atoms with Gasteiger partial charge >= 0.3 is 0 Å². The van der Waals surface area contributed by atoms with Gasteiger partial charge in [0.2, 0.25) is 0 Å². The molecule has 4 rings (SSSR count). The van der Waals surface area contributed by atoms with Gasteiger partial charge in [0.25, 0.3) is 5.56 Å². The SMILES string of the molecule is COCCNc1ccnc2sc3c(=O)n(-c4ccc(O)cc4)ccc3c12. The molecule has 26 heavy (non-hydrogen) atoms. The van der Waals surface area contributed by atoms with Crippen molar-refractivity contribution in [1.82, 2.24) is 9.55 Å². The summed E-state index contributed by atoms with van der Waals surface area (Å²) in [5, 5.41) is 14.6. The van der Waals surface area contributed by atoms with Crippen LogP contribution in [0.1, 0.15) is 0 Å². The Morgan fingerprint density at radius 2 is 2.04 bits per heavy atom.